The average Bonchev–Trinajstić information content (AvgIpc) is 2.69. The Hall–Kier alpha value is 0.340. The van der Waals surface area contributed by atoms with Crippen LogP contribution >= 0.6 is 38.9 Å². The second kappa shape index (κ2) is 4.18. The van der Waals surface area contributed by atoms with Gasteiger partial charge in [0.2, 0.25) is 10.0 Å². The molecule has 0 aromatic carbocycles. The first-order valence-electron chi connectivity index (χ1n) is 5.17. The third-order valence-corrected chi connectivity index (χ3v) is 7.68. The second-order valence-corrected chi connectivity index (χ2v) is 9.04. The SMILES string of the molecule is O=S(=O)(NC1C2CNCC21)c1cc(Cl)c(Br)s1. The minimum atomic E-state index is -3.41. The van der Waals surface area contributed by atoms with Crippen LogP contribution in [0.4, 0.5) is 0 Å². The molecule has 3 rings (SSSR count). The van der Waals surface area contributed by atoms with Gasteiger partial charge >= 0.3 is 0 Å². The zero-order chi connectivity index (χ0) is 12.2. The summed E-state index contributed by atoms with van der Waals surface area (Å²) in [5.41, 5.74) is 0. The van der Waals surface area contributed by atoms with Gasteiger partial charge in [0.05, 0.1) is 8.81 Å². The highest BCUT2D eigenvalue weighted by Crippen LogP contribution is 2.43. The van der Waals surface area contributed by atoms with E-state index in [1.165, 1.54) is 6.07 Å². The van der Waals surface area contributed by atoms with Crippen molar-refractivity contribution in [1.29, 1.82) is 0 Å². The van der Waals surface area contributed by atoms with E-state index in [1.54, 1.807) is 0 Å². The minimum absolute atomic E-state index is 0.0981. The number of rotatable bonds is 3. The smallest absolute Gasteiger partial charge is 0.250 e. The normalized spacial score (nSPS) is 31.5. The average molecular weight is 358 g/mol. The van der Waals surface area contributed by atoms with Gasteiger partial charge in [0.15, 0.2) is 0 Å². The van der Waals surface area contributed by atoms with Crippen molar-refractivity contribution in [3.8, 4) is 0 Å². The molecule has 4 nitrogen and oxygen atoms in total. The summed E-state index contributed by atoms with van der Waals surface area (Å²) in [6.07, 6.45) is 0. The molecule has 1 saturated carbocycles. The van der Waals surface area contributed by atoms with Crippen molar-refractivity contribution in [2.24, 2.45) is 11.8 Å². The zero-order valence-electron chi connectivity index (χ0n) is 8.61. The van der Waals surface area contributed by atoms with E-state index in [0.29, 0.717) is 20.6 Å². The Labute approximate surface area is 117 Å². The molecule has 2 unspecified atom stereocenters. The third-order valence-electron chi connectivity index (χ3n) is 3.27. The first-order valence-corrected chi connectivity index (χ1v) is 8.64. The molecule has 0 radical (unpaired) electrons. The molecule has 94 valence electrons. The lowest BCUT2D eigenvalue weighted by Gasteiger charge is -2.06. The van der Waals surface area contributed by atoms with Gasteiger partial charge in [-0.3, -0.25) is 0 Å². The molecule has 1 saturated heterocycles. The van der Waals surface area contributed by atoms with E-state index in [0.717, 1.165) is 24.4 Å². The Bertz CT molecular complexity index is 530. The van der Waals surface area contributed by atoms with Gasteiger partial charge in [-0.1, -0.05) is 11.6 Å². The van der Waals surface area contributed by atoms with Crippen molar-refractivity contribution in [2.75, 3.05) is 13.1 Å². The maximum Gasteiger partial charge on any atom is 0.250 e. The van der Waals surface area contributed by atoms with Crippen molar-refractivity contribution in [1.82, 2.24) is 10.0 Å². The molecule has 2 heterocycles. The largest absolute Gasteiger partial charge is 0.316 e. The summed E-state index contributed by atoms with van der Waals surface area (Å²) in [6, 6.07) is 1.58. The summed E-state index contributed by atoms with van der Waals surface area (Å²) in [5.74, 6) is 0.923. The number of nitrogens with one attached hydrogen (secondary N) is 2. The van der Waals surface area contributed by atoms with Crippen LogP contribution in [0.3, 0.4) is 0 Å². The zero-order valence-corrected chi connectivity index (χ0v) is 12.6. The number of piperidine rings is 1. The predicted molar refractivity (Wildman–Crippen MR) is 71.0 cm³/mol. The molecule has 1 aliphatic carbocycles. The second-order valence-electron chi connectivity index (χ2n) is 4.32. The number of halogens is 2. The summed E-state index contributed by atoms with van der Waals surface area (Å²) in [6.45, 7) is 1.82. The molecule has 1 aliphatic heterocycles. The van der Waals surface area contributed by atoms with Crippen LogP contribution in [-0.4, -0.2) is 27.5 Å². The molecular weight excluding hydrogens is 348 g/mol. The van der Waals surface area contributed by atoms with Crippen molar-refractivity contribution in [3.63, 3.8) is 0 Å². The van der Waals surface area contributed by atoms with Crippen LogP contribution in [0.1, 0.15) is 0 Å². The molecule has 17 heavy (non-hydrogen) atoms. The quantitative estimate of drug-likeness (QED) is 0.865. The molecule has 1 aromatic heterocycles. The minimum Gasteiger partial charge on any atom is -0.316 e. The molecular formula is C9H10BrClN2O2S2. The Kier molecular flexibility index (Phi) is 3.04. The maximum atomic E-state index is 12.1. The number of thiophene rings is 1. The molecule has 2 fully saturated rings. The molecule has 0 amide bonds. The topological polar surface area (TPSA) is 58.2 Å². The van der Waals surface area contributed by atoms with E-state index >= 15 is 0 Å². The van der Waals surface area contributed by atoms with Gasteiger partial charge in [-0.15, -0.1) is 11.3 Å². The summed E-state index contributed by atoms with van der Waals surface area (Å²) >= 11 is 10.2. The highest BCUT2D eigenvalue weighted by atomic mass is 79.9. The Balaban J connectivity index is 1.78. The van der Waals surface area contributed by atoms with Crippen LogP contribution in [0, 0.1) is 11.8 Å². The Morgan fingerprint density at radius 3 is 2.65 bits per heavy atom. The summed E-state index contributed by atoms with van der Waals surface area (Å²) in [4.78, 5) is 0. The summed E-state index contributed by atoms with van der Waals surface area (Å²) in [7, 11) is -3.41. The van der Waals surface area contributed by atoms with Gasteiger partial charge < -0.3 is 5.32 Å². The van der Waals surface area contributed by atoms with Crippen LogP contribution < -0.4 is 10.0 Å². The molecule has 8 heteroatoms. The van der Waals surface area contributed by atoms with E-state index in [-0.39, 0.29) is 10.3 Å². The van der Waals surface area contributed by atoms with Gasteiger partial charge in [0.1, 0.15) is 4.21 Å². The summed E-state index contributed by atoms with van der Waals surface area (Å²) in [5, 5.41) is 3.67. The van der Waals surface area contributed by atoms with E-state index in [4.69, 9.17) is 11.6 Å². The molecule has 2 atom stereocenters. The highest BCUT2D eigenvalue weighted by Gasteiger charge is 2.54. The van der Waals surface area contributed by atoms with Crippen molar-refractivity contribution >= 4 is 48.9 Å². The van der Waals surface area contributed by atoms with E-state index < -0.39 is 10.0 Å². The fourth-order valence-corrected chi connectivity index (χ4v) is 6.04. The first kappa shape index (κ1) is 12.4. The van der Waals surface area contributed by atoms with Gasteiger partial charge in [-0.05, 0) is 46.9 Å². The monoisotopic (exact) mass is 356 g/mol. The Morgan fingerprint density at radius 2 is 2.12 bits per heavy atom. The van der Waals surface area contributed by atoms with Gasteiger partial charge in [0.25, 0.3) is 0 Å². The number of sulfonamides is 1. The lowest BCUT2D eigenvalue weighted by Crippen LogP contribution is -2.32. The van der Waals surface area contributed by atoms with Gasteiger partial charge in [0, 0.05) is 6.04 Å². The van der Waals surface area contributed by atoms with Crippen LogP contribution in [0.15, 0.2) is 14.1 Å². The molecule has 0 spiro atoms. The fraction of sp³-hybridized carbons (Fsp3) is 0.556. The van der Waals surface area contributed by atoms with Crippen LogP contribution in [-0.2, 0) is 10.0 Å². The number of hydrogen-bond acceptors (Lipinski definition) is 4. The van der Waals surface area contributed by atoms with Crippen molar-refractivity contribution < 1.29 is 8.42 Å². The van der Waals surface area contributed by atoms with Gasteiger partial charge in [-0.2, -0.15) is 0 Å². The van der Waals surface area contributed by atoms with Crippen LogP contribution in [0.5, 0.6) is 0 Å². The molecule has 2 aliphatic rings. The molecule has 0 bridgehead atoms. The highest BCUT2D eigenvalue weighted by molar-refractivity contribution is 9.11. The lowest BCUT2D eigenvalue weighted by molar-refractivity contribution is 0.567. The standard InChI is InChI=1S/C9H10BrClN2O2S2/c10-9-6(11)1-7(16-9)17(14,15)13-8-4-2-12-3-5(4)8/h1,4-5,8,12-13H,2-3H2. The molecule has 1 aromatic rings. The summed E-state index contributed by atoms with van der Waals surface area (Å²) < 4.78 is 27.8. The number of hydrogen-bond donors (Lipinski definition) is 2. The van der Waals surface area contributed by atoms with Gasteiger partial charge in [-0.25, -0.2) is 13.1 Å². The van der Waals surface area contributed by atoms with Crippen LogP contribution in [0.25, 0.3) is 0 Å². The lowest BCUT2D eigenvalue weighted by atomic mass is 10.4. The molecule has 2 N–H and O–H groups in total. The van der Waals surface area contributed by atoms with E-state index in [9.17, 15) is 8.42 Å². The predicted octanol–water partition coefficient (Wildman–Crippen LogP) is 1.66. The van der Waals surface area contributed by atoms with Crippen LogP contribution in [0.2, 0.25) is 5.02 Å². The maximum absolute atomic E-state index is 12.1. The number of fused-ring (bicyclic) bond motifs is 1. The fourth-order valence-electron chi connectivity index (χ4n) is 2.29. The van der Waals surface area contributed by atoms with E-state index in [2.05, 4.69) is 26.0 Å². The van der Waals surface area contributed by atoms with Crippen molar-refractivity contribution in [3.05, 3.63) is 14.9 Å². The third kappa shape index (κ3) is 2.17. The van der Waals surface area contributed by atoms with E-state index in [1.807, 2.05) is 0 Å². The first-order chi connectivity index (χ1) is 7.99. The van der Waals surface area contributed by atoms with Crippen molar-refractivity contribution in [2.45, 2.75) is 10.3 Å². The Morgan fingerprint density at radius 1 is 1.47 bits per heavy atom.